The third-order valence-electron chi connectivity index (χ3n) is 3.62. The molecule has 0 spiro atoms. The van der Waals surface area contributed by atoms with E-state index in [9.17, 15) is 0 Å². The van der Waals surface area contributed by atoms with Gasteiger partial charge >= 0.3 is 0 Å². The Kier molecular flexibility index (Phi) is 4.04. The predicted molar refractivity (Wildman–Crippen MR) is 78.9 cm³/mol. The van der Waals surface area contributed by atoms with Gasteiger partial charge in [0.1, 0.15) is 0 Å². The summed E-state index contributed by atoms with van der Waals surface area (Å²) in [6, 6.07) is 6.43. The summed E-state index contributed by atoms with van der Waals surface area (Å²) in [5, 5.41) is 0. The highest BCUT2D eigenvalue weighted by Crippen LogP contribution is 2.35. The third-order valence-corrected chi connectivity index (χ3v) is 4.57. The summed E-state index contributed by atoms with van der Waals surface area (Å²) < 4.78 is 1.16. The maximum Gasteiger partial charge on any atom is 0.0510 e. The van der Waals surface area contributed by atoms with E-state index in [0.29, 0.717) is 11.3 Å². The van der Waals surface area contributed by atoms with Crippen LogP contribution in [0.25, 0.3) is 0 Å². The number of hydrogen-bond donors (Lipinski definition) is 0. The first-order chi connectivity index (χ1) is 8.02. The Hall–Kier alpha value is -0.210. The highest BCUT2D eigenvalue weighted by Gasteiger charge is 2.26. The minimum Gasteiger partial charge on any atom is -0.371 e. The van der Waals surface area contributed by atoms with Gasteiger partial charge in [-0.2, -0.15) is 0 Å². The number of benzene rings is 1. The summed E-state index contributed by atoms with van der Waals surface area (Å²) in [5.74, 6) is 0.575. The van der Waals surface area contributed by atoms with Crippen LogP contribution in [0.5, 0.6) is 0 Å². The van der Waals surface area contributed by atoms with Gasteiger partial charge in [-0.05, 0) is 51.9 Å². The first-order valence-corrected chi connectivity index (χ1v) is 7.44. The summed E-state index contributed by atoms with van der Waals surface area (Å²) in [7, 11) is 0. The van der Waals surface area contributed by atoms with Gasteiger partial charge in [-0.25, -0.2) is 0 Å². The molecule has 0 aliphatic carbocycles. The lowest BCUT2D eigenvalue weighted by Gasteiger charge is -2.38. The predicted octanol–water partition coefficient (Wildman–Crippen LogP) is 4.81. The maximum atomic E-state index is 5.84. The molecule has 0 radical (unpaired) electrons. The van der Waals surface area contributed by atoms with E-state index in [1.54, 1.807) is 0 Å². The molecule has 0 aromatic heterocycles. The van der Waals surface area contributed by atoms with Crippen molar-refractivity contribution in [2.24, 2.45) is 5.41 Å². The molecule has 3 heteroatoms. The average Bonchev–Trinajstić information content (AvgIpc) is 2.29. The van der Waals surface area contributed by atoms with Gasteiger partial charge in [0, 0.05) is 23.4 Å². The third kappa shape index (κ3) is 3.17. The molecule has 1 fully saturated rings. The normalized spacial score (nSPS) is 19.4. The summed E-state index contributed by atoms with van der Waals surface area (Å²) >= 11 is 9.49. The van der Waals surface area contributed by atoms with Crippen LogP contribution in [0.3, 0.4) is 0 Å². The van der Waals surface area contributed by atoms with Crippen LogP contribution in [0.1, 0.15) is 32.3 Å². The first-order valence-electron chi connectivity index (χ1n) is 6.11. The molecule has 1 aromatic rings. The van der Waals surface area contributed by atoms with Gasteiger partial charge in [-0.15, -0.1) is 11.6 Å². The molecule has 2 rings (SSSR count). The van der Waals surface area contributed by atoms with Crippen LogP contribution in [0.2, 0.25) is 0 Å². The average molecular weight is 317 g/mol. The van der Waals surface area contributed by atoms with Crippen LogP contribution in [0.15, 0.2) is 22.7 Å². The highest BCUT2D eigenvalue weighted by atomic mass is 79.9. The van der Waals surface area contributed by atoms with E-state index in [1.165, 1.54) is 24.1 Å². The number of anilines is 1. The Balaban J connectivity index is 2.13. The topological polar surface area (TPSA) is 3.24 Å². The van der Waals surface area contributed by atoms with Gasteiger partial charge < -0.3 is 4.90 Å². The van der Waals surface area contributed by atoms with Crippen molar-refractivity contribution in [3.63, 3.8) is 0 Å². The number of alkyl halides is 1. The van der Waals surface area contributed by atoms with E-state index in [-0.39, 0.29) is 0 Å². The fraction of sp³-hybridized carbons (Fsp3) is 0.571. The first kappa shape index (κ1) is 13.2. The van der Waals surface area contributed by atoms with Crippen LogP contribution in [0, 0.1) is 5.41 Å². The van der Waals surface area contributed by atoms with Gasteiger partial charge in [0.2, 0.25) is 0 Å². The zero-order chi connectivity index (χ0) is 12.5. The maximum absolute atomic E-state index is 5.84. The fourth-order valence-electron chi connectivity index (χ4n) is 2.24. The minimum atomic E-state index is 0.499. The van der Waals surface area contributed by atoms with Crippen molar-refractivity contribution >= 4 is 33.2 Å². The van der Waals surface area contributed by atoms with Crippen LogP contribution < -0.4 is 4.90 Å². The van der Waals surface area contributed by atoms with E-state index in [4.69, 9.17) is 11.6 Å². The van der Waals surface area contributed by atoms with Crippen LogP contribution >= 0.6 is 27.5 Å². The van der Waals surface area contributed by atoms with Crippen molar-refractivity contribution in [2.45, 2.75) is 32.6 Å². The van der Waals surface area contributed by atoms with E-state index >= 15 is 0 Å². The van der Waals surface area contributed by atoms with Crippen molar-refractivity contribution in [1.82, 2.24) is 0 Å². The summed E-state index contributed by atoms with van der Waals surface area (Å²) in [6.07, 6.45) is 2.52. The Morgan fingerprint density at radius 3 is 2.47 bits per heavy atom. The molecule has 1 aliphatic heterocycles. The molecular formula is C14H19BrClN. The lowest BCUT2D eigenvalue weighted by atomic mass is 9.82. The molecule has 0 amide bonds. The lowest BCUT2D eigenvalue weighted by Crippen LogP contribution is -2.37. The zero-order valence-electron chi connectivity index (χ0n) is 10.5. The molecule has 0 atom stereocenters. The van der Waals surface area contributed by atoms with Crippen LogP contribution in [0.4, 0.5) is 5.69 Å². The van der Waals surface area contributed by atoms with Gasteiger partial charge in [0.25, 0.3) is 0 Å². The number of hydrogen-bond acceptors (Lipinski definition) is 1. The molecule has 1 aliphatic rings. The largest absolute Gasteiger partial charge is 0.371 e. The number of rotatable bonds is 2. The van der Waals surface area contributed by atoms with Crippen molar-refractivity contribution in [1.29, 1.82) is 0 Å². The van der Waals surface area contributed by atoms with Crippen LogP contribution in [-0.4, -0.2) is 13.1 Å². The van der Waals surface area contributed by atoms with Gasteiger partial charge in [-0.3, -0.25) is 0 Å². The molecule has 0 N–H and O–H groups in total. The molecular weight excluding hydrogens is 298 g/mol. The second-order valence-electron chi connectivity index (χ2n) is 5.57. The van der Waals surface area contributed by atoms with Crippen molar-refractivity contribution < 1.29 is 0 Å². The Morgan fingerprint density at radius 1 is 1.29 bits per heavy atom. The smallest absolute Gasteiger partial charge is 0.0510 e. The highest BCUT2D eigenvalue weighted by molar-refractivity contribution is 9.10. The second-order valence-corrected chi connectivity index (χ2v) is 6.69. The van der Waals surface area contributed by atoms with Crippen molar-refractivity contribution in [3.05, 3.63) is 28.2 Å². The molecule has 1 aromatic carbocycles. The standard InChI is InChI=1S/C14H19BrClN/c1-14(2)5-7-17(8-6-14)13-4-3-11(10-16)9-12(13)15/h3-4,9H,5-8,10H2,1-2H3. The molecule has 1 heterocycles. The minimum absolute atomic E-state index is 0.499. The Bertz CT molecular complexity index is 393. The summed E-state index contributed by atoms with van der Waals surface area (Å²) in [4.78, 5) is 2.47. The van der Waals surface area contributed by atoms with Crippen molar-refractivity contribution in [2.75, 3.05) is 18.0 Å². The van der Waals surface area contributed by atoms with E-state index in [2.05, 4.69) is 52.9 Å². The van der Waals surface area contributed by atoms with Gasteiger partial charge in [0.15, 0.2) is 0 Å². The number of nitrogens with zero attached hydrogens (tertiary/aromatic N) is 1. The van der Waals surface area contributed by atoms with E-state index < -0.39 is 0 Å². The van der Waals surface area contributed by atoms with Gasteiger partial charge in [0.05, 0.1) is 5.69 Å². The Morgan fingerprint density at radius 2 is 1.94 bits per heavy atom. The van der Waals surface area contributed by atoms with Crippen molar-refractivity contribution in [3.8, 4) is 0 Å². The van der Waals surface area contributed by atoms with Gasteiger partial charge in [-0.1, -0.05) is 19.9 Å². The molecule has 94 valence electrons. The summed E-state index contributed by atoms with van der Waals surface area (Å²) in [6.45, 7) is 7.00. The van der Waals surface area contributed by atoms with E-state index in [0.717, 1.165) is 17.6 Å². The fourth-order valence-corrected chi connectivity index (χ4v) is 3.09. The SMILES string of the molecule is CC1(C)CCN(c2ccc(CCl)cc2Br)CC1. The molecule has 1 saturated heterocycles. The molecule has 0 bridgehead atoms. The lowest BCUT2D eigenvalue weighted by molar-refractivity contribution is 0.279. The zero-order valence-corrected chi connectivity index (χ0v) is 12.8. The molecule has 17 heavy (non-hydrogen) atoms. The van der Waals surface area contributed by atoms with E-state index in [1.807, 2.05) is 0 Å². The second kappa shape index (κ2) is 5.19. The number of piperidine rings is 1. The monoisotopic (exact) mass is 315 g/mol. The quantitative estimate of drug-likeness (QED) is 0.707. The molecule has 0 unspecified atom stereocenters. The van der Waals surface area contributed by atoms with Crippen LogP contribution in [-0.2, 0) is 5.88 Å². The number of halogens is 2. The molecule has 0 saturated carbocycles. The Labute approximate surface area is 117 Å². The molecule has 1 nitrogen and oxygen atoms in total. The summed E-state index contributed by atoms with van der Waals surface area (Å²) in [5.41, 5.74) is 2.97.